The maximum absolute atomic E-state index is 12.2. The van der Waals surface area contributed by atoms with E-state index in [0.717, 1.165) is 5.56 Å². The number of aliphatic carboxylic acids is 1. The zero-order valence-corrected chi connectivity index (χ0v) is 11.5. The molecule has 1 aliphatic rings. The Hall–Kier alpha value is -2.37. The summed E-state index contributed by atoms with van der Waals surface area (Å²) in [4.78, 5) is 34.3. The van der Waals surface area contributed by atoms with Gasteiger partial charge in [-0.1, -0.05) is 30.3 Å². The van der Waals surface area contributed by atoms with Crippen molar-refractivity contribution in [2.24, 2.45) is 5.92 Å². The molecule has 2 amide bonds. The fourth-order valence-corrected chi connectivity index (χ4v) is 2.36. The Morgan fingerprint density at radius 1 is 1.33 bits per heavy atom. The Bertz CT molecular complexity index is 520. The molecule has 1 aliphatic heterocycles. The monoisotopic (exact) mass is 290 g/mol. The van der Waals surface area contributed by atoms with Crippen LogP contribution in [0.15, 0.2) is 30.3 Å². The third-order valence-electron chi connectivity index (χ3n) is 3.53. The number of hydrogen-bond acceptors (Lipinski definition) is 3. The third kappa shape index (κ3) is 4.30. The minimum Gasteiger partial charge on any atom is -0.481 e. The molecule has 1 saturated heterocycles. The molecule has 1 aromatic rings. The van der Waals surface area contributed by atoms with E-state index in [1.165, 1.54) is 0 Å². The maximum Gasteiger partial charge on any atom is 0.305 e. The molecule has 0 aromatic heterocycles. The first-order chi connectivity index (χ1) is 10.1. The summed E-state index contributed by atoms with van der Waals surface area (Å²) in [5.41, 5.74) is 0.757. The molecule has 0 aliphatic carbocycles. The highest BCUT2D eigenvalue weighted by Gasteiger charge is 2.27. The highest BCUT2D eigenvalue weighted by atomic mass is 16.4. The van der Waals surface area contributed by atoms with Gasteiger partial charge in [-0.2, -0.15) is 0 Å². The molecule has 1 heterocycles. The predicted octanol–water partition coefficient (Wildman–Crippen LogP) is 0.845. The first kappa shape index (κ1) is 15.0. The number of piperidine rings is 1. The number of nitrogens with one attached hydrogen (secondary N) is 2. The second-order valence-electron chi connectivity index (χ2n) is 5.11. The molecule has 0 saturated carbocycles. The summed E-state index contributed by atoms with van der Waals surface area (Å²) in [6, 6.07) is 8.45. The Morgan fingerprint density at radius 2 is 2.05 bits per heavy atom. The van der Waals surface area contributed by atoms with Gasteiger partial charge in [0.25, 0.3) is 0 Å². The third-order valence-corrected chi connectivity index (χ3v) is 3.53. The minimum absolute atomic E-state index is 0.0517. The van der Waals surface area contributed by atoms with Crippen LogP contribution in [0.5, 0.6) is 0 Å². The summed E-state index contributed by atoms with van der Waals surface area (Å²) in [5, 5.41) is 14.4. The molecule has 6 heteroatoms. The molecule has 112 valence electrons. The predicted molar refractivity (Wildman–Crippen MR) is 75.3 cm³/mol. The zero-order valence-electron chi connectivity index (χ0n) is 11.5. The summed E-state index contributed by atoms with van der Waals surface area (Å²) in [6.07, 6.45) is 0.647. The van der Waals surface area contributed by atoms with Crippen molar-refractivity contribution in [2.45, 2.75) is 25.3 Å². The van der Waals surface area contributed by atoms with E-state index in [-0.39, 0.29) is 24.2 Å². The van der Waals surface area contributed by atoms with Gasteiger partial charge >= 0.3 is 5.97 Å². The van der Waals surface area contributed by atoms with Gasteiger partial charge in [0.1, 0.15) is 0 Å². The number of carbonyl (C=O) groups is 3. The minimum atomic E-state index is -0.971. The number of carboxylic acids is 1. The van der Waals surface area contributed by atoms with Crippen LogP contribution >= 0.6 is 0 Å². The smallest absolute Gasteiger partial charge is 0.305 e. The van der Waals surface area contributed by atoms with Crippen molar-refractivity contribution in [2.75, 3.05) is 6.54 Å². The van der Waals surface area contributed by atoms with Crippen molar-refractivity contribution in [3.8, 4) is 0 Å². The molecule has 1 fully saturated rings. The lowest BCUT2D eigenvalue weighted by Crippen LogP contribution is -2.44. The second kappa shape index (κ2) is 6.88. The van der Waals surface area contributed by atoms with Crippen LogP contribution in [-0.4, -0.2) is 29.4 Å². The van der Waals surface area contributed by atoms with Crippen LogP contribution in [0.4, 0.5) is 0 Å². The van der Waals surface area contributed by atoms with Gasteiger partial charge in [0, 0.05) is 13.0 Å². The van der Waals surface area contributed by atoms with E-state index in [2.05, 4.69) is 10.6 Å². The lowest BCUT2D eigenvalue weighted by molar-refractivity contribution is -0.138. The van der Waals surface area contributed by atoms with E-state index in [1.807, 2.05) is 6.07 Å². The number of carbonyl (C=O) groups excluding carboxylic acids is 2. The number of carboxylic acid groups (broad SMARTS) is 1. The van der Waals surface area contributed by atoms with Crippen molar-refractivity contribution in [3.63, 3.8) is 0 Å². The van der Waals surface area contributed by atoms with Crippen molar-refractivity contribution in [3.05, 3.63) is 35.9 Å². The first-order valence-corrected chi connectivity index (χ1v) is 6.90. The Morgan fingerprint density at radius 3 is 2.62 bits per heavy atom. The normalized spacial score (nSPS) is 19.4. The van der Waals surface area contributed by atoms with Crippen LogP contribution in [0.2, 0.25) is 0 Å². The van der Waals surface area contributed by atoms with Crippen LogP contribution in [-0.2, 0) is 14.4 Å². The van der Waals surface area contributed by atoms with Gasteiger partial charge in [-0.25, -0.2) is 0 Å². The average Bonchev–Trinajstić information content (AvgIpc) is 2.47. The highest BCUT2D eigenvalue weighted by Crippen LogP contribution is 2.19. The first-order valence-electron chi connectivity index (χ1n) is 6.90. The van der Waals surface area contributed by atoms with E-state index in [4.69, 9.17) is 5.11 Å². The molecule has 2 atom stereocenters. The molecular formula is C15H18N2O4. The van der Waals surface area contributed by atoms with Crippen LogP contribution in [0, 0.1) is 5.92 Å². The summed E-state index contributed by atoms with van der Waals surface area (Å²) in [5.74, 6) is -1.54. The number of hydrogen-bond donors (Lipinski definition) is 3. The van der Waals surface area contributed by atoms with Gasteiger partial charge in [-0.15, -0.1) is 0 Å². The number of benzene rings is 1. The topological polar surface area (TPSA) is 95.5 Å². The molecule has 6 nitrogen and oxygen atoms in total. The molecule has 21 heavy (non-hydrogen) atoms. The van der Waals surface area contributed by atoms with E-state index in [9.17, 15) is 14.4 Å². The highest BCUT2D eigenvalue weighted by molar-refractivity contribution is 5.84. The number of amides is 2. The molecule has 3 N–H and O–H groups in total. The van der Waals surface area contributed by atoms with E-state index in [0.29, 0.717) is 19.4 Å². The van der Waals surface area contributed by atoms with Crippen molar-refractivity contribution in [1.29, 1.82) is 0 Å². The molecule has 2 unspecified atom stereocenters. The van der Waals surface area contributed by atoms with Gasteiger partial charge in [0.05, 0.1) is 18.4 Å². The maximum atomic E-state index is 12.2. The van der Waals surface area contributed by atoms with Crippen LogP contribution in [0.1, 0.15) is 30.9 Å². The standard InChI is InChI=1S/C15H18N2O4/c18-13-7-6-11(9-16-13)15(21)17-12(8-14(19)20)10-4-2-1-3-5-10/h1-5,11-12H,6-9H2,(H,16,18)(H,17,21)(H,19,20). The van der Waals surface area contributed by atoms with Gasteiger partial charge in [0.15, 0.2) is 0 Å². The molecule has 0 bridgehead atoms. The molecular weight excluding hydrogens is 272 g/mol. The summed E-state index contributed by atoms with van der Waals surface area (Å²) >= 11 is 0. The Labute approximate surface area is 122 Å². The molecule has 0 spiro atoms. The average molecular weight is 290 g/mol. The summed E-state index contributed by atoms with van der Waals surface area (Å²) in [6.45, 7) is 0.305. The summed E-state index contributed by atoms with van der Waals surface area (Å²) in [7, 11) is 0. The molecule has 2 rings (SSSR count). The molecule has 1 aromatic carbocycles. The SMILES string of the molecule is O=C(O)CC(NC(=O)C1CCC(=O)NC1)c1ccccc1. The van der Waals surface area contributed by atoms with Crippen molar-refractivity contribution >= 4 is 17.8 Å². The van der Waals surface area contributed by atoms with Crippen LogP contribution in [0.3, 0.4) is 0 Å². The van der Waals surface area contributed by atoms with Gasteiger partial charge in [-0.3, -0.25) is 14.4 Å². The second-order valence-corrected chi connectivity index (χ2v) is 5.11. The quantitative estimate of drug-likeness (QED) is 0.749. The Balaban J connectivity index is 2.03. The van der Waals surface area contributed by atoms with E-state index in [1.54, 1.807) is 24.3 Å². The van der Waals surface area contributed by atoms with Gasteiger partial charge in [0.2, 0.25) is 11.8 Å². The molecule has 0 radical (unpaired) electrons. The van der Waals surface area contributed by atoms with Crippen molar-refractivity contribution < 1.29 is 19.5 Å². The Kier molecular flexibility index (Phi) is 4.92. The van der Waals surface area contributed by atoms with Gasteiger partial charge in [-0.05, 0) is 12.0 Å². The van der Waals surface area contributed by atoms with E-state index >= 15 is 0 Å². The van der Waals surface area contributed by atoms with Crippen LogP contribution in [0.25, 0.3) is 0 Å². The summed E-state index contributed by atoms with van der Waals surface area (Å²) < 4.78 is 0. The van der Waals surface area contributed by atoms with E-state index < -0.39 is 12.0 Å². The number of rotatable bonds is 5. The lowest BCUT2D eigenvalue weighted by atomic mass is 9.96. The zero-order chi connectivity index (χ0) is 15.2. The largest absolute Gasteiger partial charge is 0.481 e. The van der Waals surface area contributed by atoms with Gasteiger partial charge < -0.3 is 15.7 Å². The lowest BCUT2D eigenvalue weighted by Gasteiger charge is -2.25. The van der Waals surface area contributed by atoms with Crippen molar-refractivity contribution in [1.82, 2.24) is 10.6 Å². The fourth-order valence-electron chi connectivity index (χ4n) is 2.36. The fraction of sp³-hybridized carbons (Fsp3) is 0.400. The van der Waals surface area contributed by atoms with Crippen LogP contribution < -0.4 is 10.6 Å².